The predicted molar refractivity (Wildman–Crippen MR) is 78.8 cm³/mol. The molecule has 0 saturated heterocycles. The minimum atomic E-state index is -4.56. The zero-order chi connectivity index (χ0) is 18.0. The quantitative estimate of drug-likeness (QED) is 0.843. The van der Waals surface area contributed by atoms with Crippen LogP contribution in [-0.2, 0) is 17.1 Å². The summed E-state index contributed by atoms with van der Waals surface area (Å²) in [5.74, 6) is -0.952. The number of alkyl halides is 3. The summed E-state index contributed by atoms with van der Waals surface area (Å²) in [5, 5.41) is 5.53. The van der Waals surface area contributed by atoms with Gasteiger partial charge in [0.1, 0.15) is 6.54 Å². The number of hydrogen-bond donors (Lipinski definition) is 2. The third-order valence-electron chi connectivity index (χ3n) is 2.81. The van der Waals surface area contributed by atoms with Crippen molar-refractivity contribution < 1.29 is 26.4 Å². The number of nitrogens with zero attached hydrogens (tertiary/aromatic N) is 2. The van der Waals surface area contributed by atoms with Crippen molar-refractivity contribution in [1.29, 1.82) is 0 Å². The number of hydrogen-bond acceptors (Lipinski definition) is 4. The van der Waals surface area contributed by atoms with Gasteiger partial charge < -0.3 is 5.32 Å². The number of sulfonamides is 1. The second kappa shape index (κ2) is 6.51. The van der Waals surface area contributed by atoms with Crippen molar-refractivity contribution in [2.24, 2.45) is 7.05 Å². The van der Waals surface area contributed by atoms with E-state index in [4.69, 9.17) is 0 Å². The lowest BCUT2D eigenvalue weighted by molar-refractivity contribution is -0.123. The van der Waals surface area contributed by atoms with Gasteiger partial charge in [-0.25, -0.2) is 8.42 Å². The molecule has 0 aliphatic heterocycles. The zero-order valence-electron chi connectivity index (χ0n) is 12.3. The first-order valence-corrected chi connectivity index (χ1v) is 8.03. The number of rotatable bonds is 5. The highest BCUT2D eigenvalue weighted by Crippen LogP contribution is 2.17. The molecule has 1 heterocycles. The number of nitrogens with one attached hydrogen (secondary N) is 2. The number of benzene rings is 1. The Bertz CT molecular complexity index is 846. The second-order valence-electron chi connectivity index (χ2n) is 4.81. The van der Waals surface area contributed by atoms with Gasteiger partial charge in [0.15, 0.2) is 5.82 Å². The first-order valence-electron chi connectivity index (χ1n) is 6.54. The molecular formula is C13H13F3N4O3S. The summed E-state index contributed by atoms with van der Waals surface area (Å²) >= 11 is 0. The molecule has 0 atom stereocenters. The third kappa shape index (κ3) is 4.72. The normalized spacial score (nSPS) is 12.0. The predicted octanol–water partition coefficient (Wildman–Crippen LogP) is 1.51. The molecule has 1 amide bonds. The number of anilines is 1. The number of amides is 1. The van der Waals surface area contributed by atoms with E-state index in [9.17, 15) is 26.4 Å². The largest absolute Gasteiger partial charge is 0.405 e. The van der Waals surface area contributed by atoms with Gasteiger partial charge in [0.05, 0.1) is 4.90 Å². The van der Waals surface area contributed by atoms with Crippen molar-refractivity contribution in [3.8, 4) is 0 Å². The second-order valence-corrected chi connectivity index (χ2v) is 6.49. The van der Waals surface area contributed by atoms with Gasteiger partial charge in [-0.05, 0) is 18.2 Å². The molecule has 2 N–H and O–H groups in total. The van der Waals surface area contributed by atoms with Crippen LogP contribution in [0.2, 0.25) is 0 Å². The minimum Gasteiger partial charge on any atom is -0.343 e. The SMILES string of the molecule is Cn1ccc(NS(=O)(=O)c2cccc(C(=O)NCC(F)(F)F)c2)n1. The minimum absolute atomic E-state index is 0.0735. The molecule has 0 saturated carbocycles. The van der Waals surface area contributed by atoms with Gasteiger partial charge in [-0.2, -0.15) is 18.3 Å². The van der Waals surface area contributed by atoms with Crippen molar-refractivity contribution in [3.05, 3.63) is 42.1 Å². The lowest BCUT2D eigenvalue weighted by Crippen LogP contribution is -2.33. The maximum Gasteiger partial charge on any atom is 0.405 e. The average Bonchev–Trinajstić information content (AvgIpc) is 2.88. The van der Waals surface area contributed by atoms with Crippen LogP contribution in [0.5, 0.6) is 0 Å². The van der Waals surface area contributed by atoms with Gasteiger partial charge in [0.2, 0.25) is 0 Å². The van der Waals surface area contributed by atoms with Crippen LogP contribution in [0.25, 0.3) is 0 Å². The fourth-order valence-corrected chi connectivity index (χ4v) is 2.80. The van der Waals surface area contributed by atoms with E-state index in [0.29, 0.717) is 0 Å². The van der Waals surface area contributed by atoms with Crippen LogP contribution >= 0.6 is 0 Å². The zero-order valence-corrected chi connectivity index (χ0v) is 13.1. The molecule has 24 heavy (non-hydrogen) atoms. The van der Waals surface area contributed by atoms with E-state index in [-0.39, 0.29) is 16.3 Å². The Morgan fingerprint density at radius 3 is 2.58 bits per heavy atom. The van der Waals surface area contributed by atoms with E-state index in [1.165, 1.54) is 35.1 Å². The summed E-state index contributed by atoms with van der Waals surface area (Å²) in [5.41, 5.74) is -0.205. The fourth-order valence-electron chi connectivity index (χ4n) is 1.75. The molecule has 0 aliphatic carbocycles. The van der Waals surface area contributed by atoms with Gasteiger partial charge in [0.25, 0.3) is 15.9 Å². The molecule has 0 radical (unpaired) electrons. The van der Waals surface area contributed by atoms with E-state index in [2.05, 4.69) is 9.82 Å². The van der Waals surface area contributed by atoms with E-state index >= 15 is 0 Å². The Balaban J connectivity index is 2.18. The lowest BCUT2D eigenvalue weighted by Gasteiger charge is -2.10. The molecule has 1 aromatic heterocycles. The van der Waals surface area contributed by atoms with Gasteiger partial charge in [-0.3, -0.25) is 14.2 Å². The highest BCUT2D eigenvalue weighted by atomic mass is 32.2. The Labute approximate surface area is 135 Å². The molecule has 0 aliphatic rings. The van der Waals surface area contributed by atoms with Crippen molar-refractivity contribution in [3.63, 3.8) is 0 Å². The van der Waals surface area contributed by atoms with Gasteiger partial charge in [-0.15, -0.1) is 0 Å². The number of aryl methyl sites for hydroxylation is 1. The first-order chi connectivity index (χ1) is 11.1. The van der Waals surface area contributed by atoms with Crippen LogP contribution < -0.4 is 10.0 Å². The first kappa shape index (κ1) is 17.8. The molecule has 2 rings (SSSR count). The number of aromatic nitrogens is 2. The van der Waals surface area contributed by atoms with E-state index in [1.807, 2.05) is 0 Å². The molecule has 0 unspecified atom stereocenters. The maximum absolute atomic E-state index is 12.2. The van der Waals surface area contributed by atoms with Crippen LogP contribution in [0.15, 0.2) is 41.4 Å². The molecule has 0 bridgehead atoms. The summed E-state index contributed by atoms with van der Waals surface area (Å²) in [4.78, 5) is 11.4. The Kier molecular flexibility index (Phi) is 4.83. The average molecular weight is 362 g/mol. The van der Waals surface area contributed by atoms with E-state index in [1.54, 1.807) is 12.4 Å². The standard InChI is InChI=1S/C13H13F3N4O3S/c1-20-6-5-11(18-20)19-24(22,23)10-4-2-3-9(7-10)12(21)17-8-13(14,15)16/h2-7H,8H2,1H3,(H,17,21)(H,18,19). The fraction of sp³-hybridized carbons (Fsp3) is 0.231. The van der Waals surface area contributed by atoms with Crippen molar-refractivity contribution in [2.45, 2.75) is 11.1 Å². The highest BCUT2D eigenvalue weighted by Gasteiger charge is 2.28. The van der Waals surface area contributed by atoms with Gasteiger partial charge >= 0.3 is 6.18 Å². The summed E-state index contributed by atoms with van der Waals surface area (Å²) < 4.78 is 64.4. The number of carbonyl (C=O) groups is 1. The molecule has 0 fully saturated rings. The topological polar surface area (TPSA) is 93.1 Å². The van der Waals surface area contributed by atoms with E-state index < -0.39 is 28.7 Å². The van der Waals surface area contributed by atoms with Crippen molar-refractivity contribution in [2.75, 3.05) is 11.3 Å². The highest BCUT2D eigenvalue weighted by molar-refractivity contribution is 7.92. The third-order valence-corrected chi connectivity index (χ3v) is 4.16. The molecular weight excluding hydrogens is 349 g/mol. The molecule has 2 aromatic rings. The molecule has 130 valence electrons. The summed E-state index contributed by atoms with van der Waals surface area (Å²) in [6, 6.07) is 6.10. The van der Waals surface area contributed by atoms with Crippen molar-refractivity contribution in [1.82, 2.24) is 15.1 Å². The van der Waals surface area contributed by atoms with Crippen LogP contribution in [0.3, 0.4) is 0 Å². The van der Waals surface area contributed by atoms with Crippen LogP contribution in [0, 0.1) is 0 Å². The molecule has 0 spiro atoms. The molecule has 1 aromatic carbocycles. The van der Waals surface area contributed by atoms with Crippen LogP contribution in [0.1, 0.15) is 10.4 Å². The number of carbonyl (C=O) groups excluding carboxylic acids is 1. The summed E-state index contributed by atoms with van der Waals surface area (Å²) in [6.07, 6.45) is -3.03. The summed E-state index contributed by atoms with van der Waals surface area (Å²) in [7, 11) is -2.43. The van der Waals surface area contributed by atoms with Crippen LogP contribution in [0.4, 0.5) is 19.0 Å². The lowest BCUT2D eigenvalue weighted by atomic mass is 10.2. The summed E-state index contributed by atoms with van der Waals surface area (Å²) in [6.45, 7) is -1.50. The Morgan fingerprint density at radius 2 is 2.00 bits per heavy atom. The van der Waals surface area contributed by atoms with E-state index in [0.717, 1.165) is 6.07 Å². The Morgan fingerprint density at radius 1 is 1.29 bits per heavy atom. The monoisotopic (exact) mass is 362 g/mol. The van der Waals surface area contributed by atoms with Crippen LogP contribution in [-0.4, -0.2) is 36.8 Å². The van der Waals surface area contributed by atoms with Crippen molar-refractivity contribution >= 4 is 21.7 Å². The smallest absolute Gasteiger partial charge is 0.343 e. The molecule has 11 heteroatoms. The number of halogens is 3. The Hall–Kier alpha value is -2.56. The molecule has 7 nitrogen and oxygen atoms in total. The van der Waals surface area contributed by atoms with Gasteiger partial charge in [0, 0.05) is 24.9 Å². The van der Waals surface area contributed by atoms with Gasteiger partial charge in [-0.1, -0.05) is 6.07 Å². The maximum atomic E-state index is 12.2.